The molecule has 2 rings (SSSR count). The quantitative estimate of drug-likeness (QED) is 0.915. The van der Waals surface area contributed by atoms with Gasteiger partial charge in [-0.1, -0.05) is 6.07 Å². The van der Waals surface area contributed by atoms with Crippen LogP contribution in [0.3, 0.4) is 0 Å². The van der Waals surface area contributed by atoms with Crippen LogP contribution in [0.4, 0.5) is 8.78 Å². The molecule has 2 N–H and O–H groups in total. The van der Waals surface area contributed by atoms with Crippen LogP contribution >= 0.6 is 0 Å². The SMILES string of the molecule is CCOC1(C(N)c2ccc(F)c(F)c2)CCOCC1. The average molecular weight is 271 g/mol. The second-order valence-electron chi connectivity index (χ2n) is 4.76. The topological polar surface area (TPSA) is 44.5 Å². The molecule has 5 heteroatoms. The van der Waals surface area contributed by atoms with Crippen molar-refractivity contribution in [1.82, 2.24) is 0 Å². The summed E-state index contributed by atoms with van der Waals surface area (Å²) in [7, 11) is 0. The second kappa shape index (κ2) is 5.94. The predicted molar refractivity (Wildman–Crippen MR) is 67.7 cm³/mol. The van der Waals surface area contributed by atoms with Crippen molar-refractivity contribution in [2.75, 3.05) is 19.8 Å². The van der Waals surface area contributed by atoms with Gasteiger partial charge in [-0.3, -0.25) is 0 Å². The number of nitrogens with two attached hydrogens (primary N) is 1. The minimum Gasteiger partial charge on any atom is -0.381 e. The zero-order chi connectivity index (χ0) is 13.9. The van der Waals surface area contributed by atoms with Gasteiger partial charge in [0.25, 0.3) is 0 Å². The van der Waals surface area contributed by atoms with Gasteiger partial charge in [-0.25, -0.2) is 8.78 Å². The van der Waals surface area contributed by atoms with Crippen LogP contribution in [0.1, 0.15) is 31.4 Å². The van der Waals surface area contributed by atoms with Gasteiger partial charge in [0.1, 0.15) is 0 Å². The van der Waals surface area contributed by atoms with Crippen LogP contribution in [-0.2, 0) is 9.47 Å². The second-order valence-corrected chi connectivity index (χ2v) is 4.76. The Kier molecular flexibility index (Phi) is 4.50. The lowest BCUT2D eigenvalue weighted by Gasteiger charge is -2.41. The molecular formula is C14H19F2NO2. The predicted octanol–water partition coefficient (Wildman–Crippen LogP) is 2.55. The van der Waals surface area contributed by atoms with Crippen molar-refractivity contribution in [1.29, 1.82) is 0 Å². The molecule has 1 aromatic carbocycles. The molecule has 0 radical (unpaired) electrons. The van der Waals surface area contributed by atoms with Crippen molar-refractivity contribution >= 4 is 0 Å². The Bertz CT molecular complexity index is 428. The zero-order valence-corrected chi connectivity index (χ0v) is 11.0. The molecule has 1 aliphatic rings. The fourth-order valence-electron chi connectivity index (χ4n) is 2.56. The first-order chi connectivity index (χ1) is 9.09. The van der Waals surface area contributed by atoms with E-state index in [1.807, 2.05) is 6.92 Å². The van der Waals surface area contributed by atoms with E-state index in [9.17, 15) is 8.78 Å². The molecule has 1 saturated heterocycles. The molecule has 0 aliphatic carbocycles. The summed E-state index contributed by atoms with van der Waals surface area (Å²) in [5, 5.41) is 0. The molecule has 1 heterocycles. The molecule has 106 valence electrons. The minimum absolute atomic E-state index is 0.494. The number of hydrogen-bond donors (Lipinski definition) is 1. The largest absolute Gasteiger partial charge is 0.381 e. The molecule has 0 aromatic heterocycles. The smallest absolute Gasteiger partial charge is 0.159 e. The van der Waals surface area contributed by atoms with Gasteiger partial charge in [0.05, 0.1) is 11.6 Å². The third-order valence-electron chi connectivity index (χ3n) is 3.64. The van der Waals surface area contributed by atoms with E-state index in [1.165, 1.54) is 6.07 Å². The molecule has 1 aliphatic heterocycles. The lowest BCUT2D eigenvalue weighted by molar-refractivity contribution is -0.121. The molecule has 1 unspecified atom stereocenters. The monoisotopic (exact) mass is 271 g/mol. The van der Waals surface area contributed by atoms with Crippen LogP contribution in [0.2, 0.25) is 0 Å². The third kappa shape index (κ3) is 2.94. The number of hydrogen-bond acceptors (Lipinski definition) is 3. The van der Waals surface area contributed by atoms with Crippen molar-refractivity contribution in [3.63, 3.8) is 0 Å². The summed E-state index contributed by atoms with van der Waals surface area (Å²) in [6.07, 6.45) is 1.31. The van der Waals surface area contributed by atoms with E-state index < -0.39 is 23.3 Å². The highest BCUT2D eigenvalue weighted by atomic mass is 19.2. The minimum atomic E-state index is -0.883. The van der Waals surface area contributed by atoms with Crippen molar-refractivity contribution < 1.29 is 18.3 Å². The molecule has 0 spiro atoms. The molecule has 0 bridgehead atoms. The van der Waals surface area contributed by atoms with Gasteiger partial charge < -0.3 is 15.2 Å². The Morgan fingerprint density at radius 1 is 1.32 bits per heavy atom. The number of ether oxygens (including phenoxy) is 2. The fraction of sp³-hybridized carbons (Fsp3) is 0.571. The first-order valence-electron chi connectivity index (χ1n) is 6.51. The molecule has 1 aromatic rings. The summed E-state index contributed by atoms with van der Waals surface area (Å²) in [6, 6.07) is 3.27. The van der Waals surface area contributed by atoms with Gasteiger partial charge in [-0.05, 0) is 24.6 Å². The van der Waals surface area contributed by atoms with Crippen molar-refractivity contribution in [3.8, 4) is 0 Å². The van der Waals surface area contributed by atoms with Crippen LogP contribution in [0, 0.1) is 11.6 Å². The van der Waals surface area contributed by atoms with Crippen molar-refractivity contribution in [2.24, 2.45) is 5.73 Å². The third-order valence-corrected chi connectivity index (χ3v) is 3.64. The van der Waals surface area contributed by atoms with Crippen molar-refractivity contribution in [3.05, 3.63) is 35.4 Å². The molecule has 1 fully saturated rings. The summed E-state index contributed by atoms with van der Waals surface area (Å²) in [6.45, 7) is 3.56. The van der Waals surface area contributed by atoms with Gasteiger partial charge in [-0.15, -0.1) is 0 Å². The van der Waals surface area contributed by atoms with Gasteiger partial charge in [0, 0.05) is 32.7 Å². The summed E-state index contributed by atoms with van der Waals surface area (Å²) >= 11 is 0. The van der Waals surface area contributed by atoms with Crippen LogP contribution in [0.15, 0.2) is 18.2 Å². The lowest BCUT2D eigenvalue weighted by Crippen LogP contribution is -2.48. The summed E-state index contributed by atoms with van der Waals surface area (Å²) < 4.78 is 37.5. The van der Waals surface area contributed by atoms with Gasteiger partial charge >= 0.3 is 0 Å². The molecular weight excluding hydrogens is 252 g/mol. The maximum absolute atomic E-state index is 13.3. The van der Waals surface area contributed by atoms with Gasteiger partial charge in [0.2, 0.25) is 0 Å². The number of halogens is 2. The van der Waals surface area contributed by atoms with E-state index in [-0.39, 0.29) is 0 Å². The van der Waals surface area contributed by atoms with Gasteiger partial charge in [-0.2, -0.15) is 0 Å². The standard InChI is InChI=1S/C14H19F2NO2/c1-2-19-14(5-7-18-8-6-14)13(17)10-3-4-11(15)12(16)9-10/h3-4,9,13H,2,5-8,17H2,1H3. The summed E-state index contributed by atoms with van der Waals surface area (Å²) in [4.78, 5) is 0. The van der Waals surface area contributed by atoms with E-state index in [4.69, 9.17) is 15.2 Å². The normalized spacial score (nSPS) is 20.2. The lowest BCUT2D eigenvalue weighted by atomic mass is 9.82. The van der Waals surface area contributed by atoms with Crippen LogP contribution in [0.5, 0.6) is 0 Å². The summed E-state index contributed by atoms with van der Waals surface area (Å²) in [5.41, 5.74) is 6.23. The van der Waals surface area contributed by atoms with Crippen molar-refractivity contribution in [2.45, 2.75) is 31.4 Å². The molecule has 1 atom stereocenters. The Balaban J connectivity index is 2.27. The van der Waals surface area contributed by atoms with Gasteiger partial charge in [0.15, 0.2) is 11.6 Å². The first kappa shape index (κ1) is 14.4. The Morgan fingerprint density at radius 2 is 2.00 bits per heavy atom. The van der Waals surface area contributed by atoms with Crippen LogP contribution < -0.4 is 5.73 Å². The van der Waals surface area contributed by atoms with E-state index in [0.717, 1.165) is 12.1 Å². The van der Waals surface area contributed by atoms with Crippen LogP contribution in [0.25, 0.3) is 0 Å². The average Bonchev–Trinajstić information content (AvgIpc) is 2.42. The maximum Gasteiger partial charge on any atom is 0.159 e. The van der Waals surface area contributed by atoms with Crippen LogP contribution in [-0.4, -0.2) is 25.4 Å². The molecule has 0 saturated carbocycles. The highest BCUT2D eigenvalue weighted by Gasteiger charge is 2.40. The first-order valence-corrected chi connectivity index (χ1v) is 6.51. The molecule has 3 nitrogen and oxygen atoms in total. The Hall–Kier alpha value is -1.04. The van der Waals surface area contributed by atoms with E-state index in [1.54, 1.807) is 0 Å². The number of rotatable bonds is 4. The fourth-order valence-corrected chi connectivity index (χ4v) is 2.56. The highest BCUT2D eigenvalue weighted by Crippen LogP contribution is 2.36. The summed E-state index contributed by atoms with van der Waals surface area (Å²) in [5.74, 6) is -1.75. The Labute approximate surface area is 111 Å². The van der Waals surface area contributed by atoms with E-state index in [0.29, 0.717) is 38.2 Å². The van der Waals surface area contributed by atoms with E-state index in [2.05, 4.69) is 0 Å². The maximum atomic E-state index is 13.3. The van der Waals surface area contributed by atoms with E-state index >= 15 is 0 Å². The molecule has 0 amide bonds. The number of benzene rings is 1. The molecule has 19 heavy (non-hydrogen) atoms. The Morgan fingerprint density at radius 3 is 2.58 bits per heavy atom. The highest BCUT2D eigenvalue weighted by molar-refractivity contribution is 5.24. The zero-order valence-electron chi connectivity index (χ0n) is 11.0.